The van der Waals surface area contributed by atoms with Crippen molar-refractivity contribution in [1.29, 1.82) is 0 Å². The van der Waals surface area contributed by atoms with E-state index in [2.05, 4.69) is 0 Å². The summed E-state index contributed by atoms with van der Waals surface area (Å²) in [6.45, 7) is 2.30. The zero-order valence-electron chi connectivity index (χ0n) is 12.0. The topological polar surface area (TPSA) is 43.4 Å². The standard InChI is InChI=1S/C16H22O3S/c1-13-5-7-15(8-6-13)20(17,18)19-12-14-11-16(14)9-3-2-4-10-16/h5-8,14H,2-4,9-12H2,1H3. The normalized spacial score (nSPS) is 24.8. The maximum atomic E-state index is 12.1. The molecular formula is C16H22O3S. The highest BCUT2D eigenvalue weighted by Crippen LogP contribution is 2.61. The van der Waals surface area contributed by atoms with E-state index < -0.39 is 10.1 Å². The zero-order valence-corrected chi connectivity index (χ0v) is 12.8. The molecule has 2 fully saturated rings. The molecule has 0 N–H and O–H groups in total. The van der Waals surface area contributed by atoms with E-state index in [9.17, 15) is 8.42 Å². The maximum absolute atomic E-state index is 12.1. The lowest BCUT2D eigenvalue weighted by Gasteiger charge is -2.22. The van der Waals surface area contributed by atoms with Gasteiger partial charge in [0.25, 0.3) is 10.1 Å². The summed E-state index contributed by atoms with van der Waals surface area (Å²) >= 11 is 0. The molecule has 0 radical (unpaired) electrons. The minimum absolute atomic E-state index is 0.265. The van der Waals surface area contributed by atoms with Gasteiger partial charge in [-0.05, 0) is 49.7 Å². The van der Waals surface area contributed by atoms with Crippen molar-refractivity contribution in [2.24, 2.45) is 11.3 Å². The maximum Gasteiger partial charge on any atom is 0.296 e. The van der Waals surface area contributed by atoms with Crippen LogP contribution in [0, 0.1) is 18.3 Å². The molecule has 0 aromatic heterocycles. The number of rotatable bonds is 4. The lowest BCUT2D eigenvalue weighted by atomic mass is 9.84. The van der Waals surface area contributed by atoms with Gasteiger partial charge < -0.3 is 0 Å². The molecule has 0 saturated heterocycles. The van der Waals surface area contributed by atoms with Crippen LogP contribution in [0.5, 0.6) is 0 Å². The summed E-state index contributed by atoms with van der Waals surface area (Å²) in [4.78, 5) is 0.265. The Morgan fingerprint density at radius 2 is 1.80 bits per heavy atom. The second kappa shape index (κ2) is 5.15. The molecule has 0 amide bonds. The highest BCUT2D eigenvalue weighted by molar-refractivity contribution is 7.86. The summed E-state index contributed by atoms with van der Waals surface area (Å²) in [5, 5.41) is 0. The Hall–Kier alpha value is -0.870. The predicted molar refractivity (Wildman–Crippen MR) is 77.9 cm³/mol. The van der Waals surface area contributed by atoms with Gasteiger partial charge in [0.2, 0.25) is 0 Å². The van der Waals surface area contributed by atoms with Crippen molar-refractivity contribution in [3.63, 3.8) is 0 Å². The Labute approximate surface area is 121 Å². The number of benzene rings is 1. The third-order valence-electron chi connectivity index (χ3n) is 4.94. The average Bonchev–Trinajstić information content (AvgIpc) is 3.10. The van der Waals surface area contributed by atoms with Gasteiger partial charge in [-0.25, -0.2) is 0 Å². The van der Waals surface area contributed by atoms with E-state index in [4.69, 9.17) is 4.18 Å². The monoisotopic (exact) mass is 294 g/mol. The van der Waals surface area contributed by atoms with E-state index >= 15 is 0 Å². The zero-order chi connectivity index (χ0) is 14.2. The molecule has 1 aromatic carbocycles. The molecule has 20 heavy (non-hydrogen) atoms. The van der Waals surface area contributed by atoms with E-state index in [0.29, 0.717) is 17.9 Å². The van der Waals surface area contributed by atoms with Crippen molar-refractivity contribution >= 4 is 10.1 Å². The van der Waals surface area contributed by atoms with E-state index in [0.717, 1.165) is 12.0 Å². The summed E-state index contributed by atoms with van der Waals surface area (Å²) in [7, 11) is -3.59. The van der Waals surface area contributed by atoms with Crippen LogP contribution in [-0.2, 0) is 14.3 Å². The first-order valence-corrected chi connectivity index (χ1v) is 8.89. The van der Waals surface area contributed by atoms with Crippen molar-refractivity contribution in [1.82, 2.24) is 0 Å². The van der Waals surface area contributed by atoms with Crippen LogP contribution < -0.4 is 0 Å². The SMILES string of the molecule is Cc1ccc(S(=O)(=O)OCC2CC23CCCCC3)cc1. The van der Waals surface area contributed by atoms with Crippen LogP contribution in [0.3, 0.4) is 0 Å². The first kappa shape index (κ1) is 14.1. The first-order chi connectivity index (χ1) is 9.52. The summed E-state index contributed by atoms with van der Waals surface area (Å²) in [5.41, 5.74) is 1.47. The Morgan fingerprint density at radius 1 is 1.15 bits per heavy atom. The van der Waals surface area contributed by atoms with Crippen LogP contribution >= 0.6 is 0 Å². The van der Waals surface area contributed by atoms with Gasteiger partial charge in [0.05, 0.1) is 11.5 Å². The van der Waals surface area contributed by atoms with Gasteiger partial charge in [0, 0.05) is 0 Å². The van der Waals surface area contributed by atoms with Gasteiger partial charge in [0.1, 0.15) is 0 Å². The van der Waals surface area contributed by atoms with Crippen molar-refractivity contribution in [2.75, 3.05) is 6.61 Å². The van der Waals surface area contributed by atoms with E-state index in [1.807, 2.05) is 6.92 Å². The van der Waals surface area contributed by atoms with Crippen molar-refractivity contribution in [3.05, 3.63) is 29.8 Å². The minimum Gasteiger partial charge on any atom is -0.266 e. The summed E-state index contributed by atoms with van der Waals surface area (Å²) in [6.07, 6.45) is 7.58. The van der Waals surface area contributed by atoms with E-state index in [-0.39, 0.29) is 4.90 Å². The third kappa shape index (κ3) is 2.77. The average molecular weight is 294 g/mol. The van der Waals surface area contributed by atoms with Crippen LogP contribution in [0.1, 0.15) is 44.1 Å². The fourth-order valence-electron chi connectivity index (χ4n) is 3.48. The largest absolute Gasteiger partial charge is 0.296 e. The number of aryl methyl sites for hydroxylation is 1. The number of hydrogen-bond donors (Lipinski definition) is 0. The second-order valence-corrected chi connectivity index (χ2v) is 7.99. The molecule has 0 heterocycles. The van der Waals surface area contributed by atoms with Crippen LogP contribution in [0.4, 0.5) is 0 Å². The van der Waals surface area contributed by atoms with E-state index in [1.165, 1.54) is 32.1 Å². The number of hydrogen-bond acceptors (Lipinski definition) is 3. The molecule has 3 nitrogen and oxygen atoms in total. The van der Waals surface area contributed by atoms with Crippen LogP contribution in [0.2, 0.25) is 0 Å². The Morgan fingerprint density at radius 3 is 2.45 bits per heavy atom. The second-order valence-electron chi connectivity index (χ2n) is 6.38. The Bertz CT molecular complexity index is 568. The molecule has 3 rings (SSSR count). The summed E-state index contributed by atoms with van der Waals surface area (Å²) in [5.74, 6) is 0.447. The van der Waals surface area contributed by atoms with Crippen LogP contribution in [0.15, 0.2) is 29.2 Å². The molecule has 2 saturated carbocycles. The van der Waals surface area contributed by atoms with Crippen LogP contribution in [0.25, 0.3) is 0 Å². The highest BCUT2D eigenvalue weighted by Gasteiger charge is 2.53. The van der Waals surface area contributed by atoms with Crippen molar-refractivity contribution in [3.8, 4) is 0 Å². The molecule has 1 atom stereocenters. The molecule has 2 aliphatic rings. The summed E-state index contributed by atoms with van der Waals surface area (Å²) < 4.78 is 29.5. The van der Waals surface area contributed by atoms with Gasteiger partial charge >= 0.3 is 0 Å². The smallest absolute Gasteiger partial charge is 0.266 e. The fraction of sp³-hybridized carbons (Fsp3) is 0.625. The predicted octanol–water partition coefficient (Wildman–Crippen LogP) is 3.67. The fourth-order valence-corrected chi connectivity index (χ4v) is 4.43. The molecule has 0 bridgehead atoms. The first-order valence-electron chi connectivity index (χ1n) is 7.48. The quantitative estimate of drug-likeness (QED) is 0.796. The molecule has 1 aromatic rings. The molecule has 110 valence electrons. The van der Waals surface area contributed by atoms with Gasteiger partial charge in [-0.3, -0.25) is 4.18 Å². The summed E-state index contributed by atoms with van der Waals surface area (Å²) in [6, 6.07) is 6.84. The lowest BCUT2D eigenvalue weighted by Crippen LogP contribution is -2.15. The molecule has 2 aliphatic carbocycles. The van der Waals surface area contributed by atoms with E-state index in [1.54, 1.807) is 24.3 Å². The minimum atomic E-state index is -3.59. The van der Waals surface area contributed by atoms with Gasteiger partial charge in [-0.15, -0.1) is 0 Å². The van der Waals surface area contributed by atoms with Crippen molar-refractivity contribution < 1.29 is 12.6 Å². The third-order valence-corrected chi connectivity index (χ3v) is 6.24. The van der Waals surface area contributed by atoms with Gasteiger partial charge in [0.15, 0.2) is 0 Å². The Kier molecular flexibility index (Phi) is 3.63. The molecule has 4 heteroatoms. The highest BCUT2D eigenvalue weighted by atomic mass is 32.2. The van der Waals surface area contributed by atoms with Gasteiger partial charge in [-0.1, -0.05) is 37.0 Å². The lowest BCUT2D eigenvalue weighted by molar-refractivity contribution is 0.241. The Balaban J connectivity index is 1.59. The van der Waals surface area contributed by atoms with Gasteiger partial charge in [-0.2, -0.15) is 8.42 Å². The molecule has 0 aliphatic heterocycles. The molecule has 1 spiro atoms. The molecule has 1 unspecified atom stereocenters. The van der Waals surface area contributed by atoms with Crippen molar-refractivity contribution in [2.45, 2.75) is 50.3 Å². The molecular weight excluding hydrogens is 272 g/mol. The van der Waals surface area contributed by atoms with Crippen LogP contribution in [-0.4, -0.2) is 15.0 Å².